The number of sulfonamides is 1. The summed E-state index contributed by atoms with van der Waals surface area (Å²) in [5, 5.41) is 2.65. The van der Waals surface area contributed by atoms with Gasteiger partial charge in [0, 0.05) is 13.1 Å². The van der Waals surface area contributed by atoms with Crippen molar-refractivity contribution in [1.82, 2.24) is 9.62 Å². The van der Waals surface area contributed by atoms with Crippen LogP contribution in [0.5, 0.6) is 0 Å². The Balaban J connectivity index is 2.21. The van der Waals surface area contributed by atoms with E-state index in [1.807, 2.05) is 7.05 Å². The average Bonchev–Trinajstić information content (AvgIpc) is 2.47. The van der Waals surface area contributed by atoms with Crippen LogP contribution < -0.4 is 5.32 Å². The summed E-state index contributed by atoms with van der Waals surface area (Å²) < 4.78 is 64.4. The maximum atomic E-state index is 12.6. The molecule has 23 heavy (non-hydrogen) atoms. The lowest BCUT2D eigenvalue weighted by Crippen LogP contribution is -2.40. The number of benzene rings is 1. The van der Waals surface area contributed by atoms with Crippen LogP contribution in [0.3, 0.4) is 0 Å². The van der Waals surface area contributed by atoms with Crippen molar-refractivity contribution < 1.29 is 21.6 Å². The topological polar surface area (TPSA) is 49.4 Å². The summed E-state index contributed by atoms with van der Waals surface area (Å²) in [4.78, 5) is -0.278. The number of piperidine rings is 1. The lowest BCUT2D eigenvalue weighted by atomic mass is 9.98. The van der Waals surface area contributed by atoms with Crippen LogP contribution in [0.1, 0.15) is 18.4 Å². The van der Waals surface area contributed by atoms with E-state index in [1.54, 1.807) is 0 Å². The van der Waals surface area contributed by atoms with E-state index in [-0.39, 0.29) is 4.90 Å². The first-order valence-corrected chi connectivity index (χ1v) is 8.99. The van der Waals surface area contributed by atoms with Gasteiger partial charge in [-0.3, -0.25) is 0 Å². The second kappa shape index (κ2) is 6.96. The predicted molar refractivity (Wildman–Crippen MR) is 81.9 cm³/mol. The number of hydrogen-bond acceptors (Lipinski definition) is 3. The number of rotatable bonds is 4. The van der Waals surface area contributed by atoms with Crippen LogP contribution in [-0.4, -0.2) is 39.4 Å². The van der Waals surface area contributed by atoms with E-state index >= 15 is 0 Å². The van der Waals surface area contributed by atoms with Crippen LogP contribution >= 0.6 is 11.6 Å². The molecule has 0 bridgehead atoms. The fraction of sp³-hybridized carbons (Fsp3) is 0.571. The van der Waals surface area contributed by atoms with Crippen LogP contribution in [0.2, 0.25) is 5.02 Å². The van der Waals surface area contributed by atoms with Gasteiger partial charge in [0.1, 0.15) is 4.90 Å². The third-order valence-electron chi connectivity index (χ3n) is 3.94. The molecule has 4 nitrogen and oxygen atoms in total. The number of alkyl halides is 3. The molecule has 1 aromatic carbocycles. The Bertz CT molecular complexity index is 656. The molecular weight excluding hydrogens is 353 g/mol. The van der Waals surface area contributed by atoms with Gasteiger partial charge in [0.15, 0.2) is 0 Å². The summed E-state index contributed by atoms with van der Waals surface area (Å²) in [6, 6.07) is 2.33. The Labute approximate surface area is 138 Å². The molecule has 0 spiro atoms. The second-order valence-corrected chi connectivity index (χ2v) is 7.86. The summed E-state index contributed by atoms with van der Waals surface area (Å²) in [6.07, 6.45) is -3.14. The minimum Gasteiger partial charge on any atom is -0.319 e. The summed E-state index contributed by atoms with van der Waals surface area (Å²) in [7, 11) is -2.04. The molecule has 1 fully saturated rings. The van der Waals surface area contributed by atoms with Gasteiger partial charge in [-0.2, -0.15) is 17.5 Å². The van der Waals surface area contributed by atoms with Crippen LogP contribution in [-0.2, 0) is 16.2 Å². The van der Waals surface area contributed by atoms with E-state index < -0.39 is 26.8 Å². The van der Waals surface area contributed by atoms with E-state index in [4.69, 9.17) is 11.6 Å². The highest BCUT2D eigenvalue weighted by atomic mass is 35.5. The fourth-order valence-corrected chi connectivity index (χ4v) is 4.66. The molecular formula is C14H18ClF3N2O2S. The number of nitrogens with zero attached hydrogens (tertiary/aromatic N) is 1. The fourth-order valence-electron chi connectivity index (χ4n) is 2.67. The van der Waals surface area contributed by atoms with Gasteiger partial charge in [0.05, 0.1) is 10.6 Å². The number of halogens is 4. The third-order valence-corrected chi connectivity index (χ3v) is 6.32. The lowest BCUT2D eigenvalue weighted by Gasteiger charge is -2.31. The van der Waals surface area contributed by atoms with Gasteiger partial charge in [-0.25, -0.2) is 8.42 Å². The predicted octanol–water partition coefficient (Wildman–Crippen LogP) is 2.98. The summed E-state index contributed by atoms with van der Waals surface area (Å²) in [6.45, 7) is 1.49. The van der Waals surface area contributed by atoms with Crippen LogP contribution in [0.4, 0.5) is 13.2 Å². The van der Waals surface area contributed by atoms with Crippen molar-refractivity contribution in [1.29, 1.82) is 0 Å². The van der Waals surface area contributed by atoms with Gasteiger partial charge in [0.25, 0.3) is 0 Å². The van der Waals surface area contributed by atoms with Crippen LogP contribution in [0, 0.1) is 5.92 Å². The molecule has 1 aromatic rings. The molecule has 0 amide bonds. The van der Waals surface area contributed by atoms with Crippen molar-refractivity contribution in [2.75, 3.05) is 26.7 Å². The van der Waals surface area contributed by atoms with Gasteiger partial charge >= 0.3 is 6.18 Å². The van der Waals surface area contributed by atoms with E-state index in [2.05, 4.69) is 5.32 Å². The van der Waals surface area contributed by atoms with Crippen molar-refractivity contribution in [3.63, 3.8) is 0 Å². The molecule has 1 aliphatic heterocycles. The lowest BCUT2D eigenvalue weighted by molar-refractivity contribution is -0.137. The molecule has 9 heteroatoms. The molecule has 130 valence electrons. The summed E-state index contributed by atoms with van der Waals surface area (Å²) >= 11 is 5.80. The maximum Gasteiger partial charge on any atom is 0.416 e. The molecule has 0 atom stereocenters. The first-order valence-electron chi connectivity index (χ1n) is 7.17. The highest BCUT2D eigenvalue weighted by Crippen LogP contribution is 2.35. The van der Waals surface area contributed by atoms with E-state index in [0.717, 1.165) is 18.7 Å². The molecule has 2 rings (SSSR count). The molecule has 1 heterocycles. The van der Waals surface area contributed by atoms with Gasteiger partial charge in [-0.05, 0) is 50.6 Å². The van der Waals surface area contributed by atoms with Crippen molar-refractivity contribution in [2.24, 2.45) is 5.92 Å². The molecule has 1 N–H and O–H groups in total. The molecule has 0 aliphatic carbocycles. The van der Waals surface area contributed by atoms with Gasteiger partial charge in [-0.1, -0.05) is 11.6 Å². The monoisotopic (exact) mass is 370 g/mol. The second-order valence-electron chi connectivity index (χ2n) is 5.55. The summed E-state index contributed by atoms with van der Waals surface area (Å²) in [5.41, 5.74) is -0.964. The van der Waals surface area contributed by atoms with Crippen LogP contribution in [0.15, 0.2) is 23.1 Å². The normalized spacial score (nSPS) is 18.3. The largest absolute Gasteiger partial charge is 0.416 e. The maximum absolute atomic E-state index is 12.6. The van der Waals surface area contributed by atoms with E-state index in [1.165, 1.54) is 4.31 Å². The Morgan fingerprint density at radius 1 is 1.30 bits per heavy atom. The zero-order chi connectivity index (χ0) is 17.3. The zero-order valence-corrected chi connectivity index (χ0v) is 14.1. The molecule has 0 unspecified atom stereocenters. The molecule has 0 radical (unpaired) electrons. The minimum atomic E-state index is -4.56. The molecule has 1 saturated heterocycles. The average molecular weight is 371 g/mol. The van der Waals surface area contributed by atoms with E-state index in [0.29, 0.717) is 37.9 Å². The smallest absolute Gasteiger partial charge is 0.319 e. The number of nitrogens with one attached hydrogen (secondary N) is 1. The molecule has 1 aliphatic rings. The van der Waals surface area contributed by atoms with Gasteiger partial charge in [0.2, 0.25) is 10.0 Å². The first kappa shape index (κ1) is 18.5. The SMILES string of the molecule is CNCC1CCN(S(=O)(=O)c2ccc(C(F)(F)F)cc2Cl)CC1. The van der Waals surface area contributed by atoms with Crippen molar-refractivity contribution in [3.8, 4) is 0 Å². The highest BCUT2D eigenvalue weighted by Gasteiger charge is 2.34. The quantitative estimate of drug-likeness (QED) is 0.886. The van der Waals surface area contributed by atoms with Gasteiger partial charge in [-0.15, -0.1) is 0 Å². The van der Waals surface area contributed by atoms with Crippen molar-refractivity contribution in [2.45, 2.75) is 23.9 Å². The van der Waals surface area contributed by atoms with E-state index in [9.17, 15) is 21.6 Å². The highest BCUT2D eigenvalue weighted by molar-refractivity contribution is 7.89. The standard InChI is InChI=1S/C14H18ClF3N2O2S/c1-19-9-10-4-6-20(7-5-10)23(21,22)13-3-2-11(8-12(13)15)14(16,17)18/h2-3,8,10,19H,4-7,9H2,1H3. The Morgan fingerprint density at radius 3 is 2.39 bits per heavy atom. The van der Waals surface area contributed by atoms with Gasteiger partial charge < -0.3 is 5.32 Å². The Kier molecular flexibility index (Phi) is 5.60. The van der Waals surface area contributed by atoms with Crippen molar-refractivity contribution >= 4 is 21.6 Å². The number of hydrogen-bond donors (Lipinski definition) is 1. The van der Waals surface area contributed by atoms with Crippen molar-refractivity contribution in [3.05, 3.63) is 28.8 Å². The molecule has 0 aromatic heterocycles. The Hall–Kier alpha value is -0.830. The minimum absolute atomic E-state index is 0.278. The van der Waals surface area contributed by atoms with Crippen LogP contribution in [0.25, 0.3) is 0 Å². The first-order chi connectivity index (χ1) is 10.7. The molecule has 0 saturated carbocycles. The Morgan fingerprint density at radius 2 is 1.91 bits per heavy atom. The zero-order valence-electron chi connectivity index (χ0n) is 12.5. The summed E-state index contributed by atoms with van der Waals surface area (Å²) in [5.74, 6) is 0.398. The third kappa shape index (κ3) is 4.17.